The van der Waals surface area contributed by atoms with Crippen molar-refractivity contribution in [3.05, 3.63) is 0 Å². The van der Waals surface area contributed by atoms with Gasteiger partial charge < -0.3 is 0 Å². The predicted molar refractivity (Wildman–Crippen MR) is 56.9 cm³/mol. The van der Waals surface area contributed by atoms with E-state index in [9.17, 15) is 9.59 Å². The van der Waals surface area contributed by atoms with Gasteiger partial charge in [-0.25, -0.2) is 0 Å². The average molecular weight is 237 g/mol. The van der Waals surface area contributed by atoms with E-state index >= 15 is 0 Å². The third-order valence-electron chi connectivity index (χ3n) is 2.88. The Labute approximate surface area is 93.9 Å². The van der Waals surface area contributed by atoms with Gasteiger partial charge in [-0.1, -0.05) is 0 Å². The van der Waals surface area contributed by atoms with Crippen molar-refractivity contribution in [1.82, 2.24) is 0 Å². The molecule has 1 aliphatic rings. The van der Waals surface area contributed by atoms with Gasteiger partial charge in [-0.3, -0.25) is 9.59 Å². The average Bonchev–Trinajstić information content (AvgIpc) is 2.07. The van der Waals surface area contributed by atoms with Crippen molar-refractivity contribution >= 4 is 34.8 Å². The second kappa shape index (κ2) is 4.63. The van der Waals surface area contributed by atoms with Crippen LogP contribution >= 0.6 is 23.2 Å². The maximum absolute atomic E-state index is 11.2. The summed E-state index contributed by atoms with van der Waals surface area (Å²) in [5, 5.41) is -0.479. The first-order valence-corrected chi connectivity index (χ1v) is 5.59. The van der Waals surface area contributed by atoms with Crippen LogP contribution in [-0.2, 0) is 9.59 Å². The number of hydrogen-bond donors (Lipinski definition) is 0. The number of ketones is 2. The molecule has 1 saturated carbocycles. The van der Waals surface area contributed by atoms with Crippen molar-refractivity contribution in [2.45, 2.75) is 37.4 Å². The second-order valence-electron chi connectivity index (χ2n) is 3.94. The Kier molecular flexibility index (Phi) is 3.96. The fourth-order valence-corrected chi connectivity index (χ4v) is 2.89. The number of carbonyl (C=O) groups is 2. The highest BCUT2D eigenvalue weighted by atomic mass is 35.5. The SMILES string of the molecule is CC(=O)C1CC(Cl)C(C(C)=O)CC1Cl. The van der Waals surface area contributed by atoms with Crippen LogP contribution in [0.3, 0.4) is 0 Å². The highest BCUT2D eigenvalue weighted by Gasteiger charge is 2.39. The van der Waals surface area contributed by atoms with Gasteiger partial charge in [0.25, 0.3) is 0 Å². The zero-order valence-corrected chi connectivity index (χ0v) is 9.81. The topological polar surface area (TPSA) is 34.1 Å². The maximum Gasteiger partial charge on any atom is 0.134 e. The lowest BCUT2D eigenvalue weighted by molar-refractivity contribution is -0.125. The Morgan fingerprint density at radius 2 is 1.21 bits per heavy atom. The number of halogens is 2. The molecule has 14 heavy (non-hydrogen) atoms. The van der Waals surface area contributed by atoms with Crippen LogP contribution in [-0.4, -0.2) is 22.3 Å². The van der Waals surface area contributed by atoms with Crippen LogP contribution in [0.4, 0.5) is 0 Å². The Bertz CT molecular complexity index is 227. The molecule has 4 heteroatoms. The van der Waals surface area contributed by atoms with E-state index in [1.807, 2.05) is 0 Å². The van der Waals surface area contributed by atoms with Crippen LogP contribution in [0, 0.1) is 11.8 Å². The van der Waals surface area contributed by atoms with E-state index in [4.69, 9.17) is 23.2 Å². The fourth-order valence-electron chi connectivity index (χ4n) is 1.95. The van der Waals surface area contributed by atoms with E-state index in [-0.39, 0.29) is 34.2 Å². The largest absolute Gasteiger partial charge is 0.300 e. The molecule has 0 aromatic carbocycles. The zero-order valence-electron chi connectivity index (χ0n) is 8.30. The summed E-state index contributed by atoms with van der Waals surface area (Å²) in [7, 11) is 0. The quantitative estimate of drug-likeness (QED) is 0.691. The first-order valence-electron chi connectivity index (χ1n) is 4.72. The molecule has 0 aromatic heterocycles. The number of hydrogen-bond acceptors (Lipinski definition) is 2. The van der Waals surface area contributed by atoms with Gasteiger partial charge in [-0.05, 0) is 26.7 Å². The summed E-state index contributed by atoms with van der Waals surface area (Å²) < 4.78 is 0. The normalized spacial score (nSPS) is 38.0. The van der Waals surface area contributed by atoms with Crippen molar-refractivity contribution < 1.29 is 9.59 Å². The Hall–Kier alpha value is -0.0800. The monoisotopic (exact) mass is 236 g/mol. The molecule has 1 fully saturated rings. The molecule has 2 nitrogen and oxygen atoms in total. The molecule has 0 bridgehead atoms. The van der Waals surface area contributed by atoms with Crippen LogP contribution in [0.5, 0.6) is 0 Å². The summed E-state index contributed by atoms with van der Waals surface area (Å²) in [4.78, 5) is 22.4. The van der Waals surface area contributed by atoms with Gasteiger partial charge in [0, 0.05) is 22.6 Å². The number of alkyl halides is 2. The lowest BCUT2D eigenvalue weighted by Gasteiger charge is -2.33. The molecule has 0 heterocycles. The molecule has 0 radical (unpaired) electrons. The van der Waals surface area contributed by atoms with Crippen LogP contribution in [0.1, 0.15) is 26.7 Å². The molecule has 0 aromatic rings. The molecular formula is C10H14Cl2O2. The summed E-state index contributed by atoms with van der Waals surface area (Å²) in [6.07, 6.45) is 1.05. The summed E-state index contributed by atoms with van der Waals surface area (Å²) in [6.45, 7) is 3.05. The molecular weight excluding hydrogens is 223 g/mol. The van der Waals surface area contributed by atoms with Crippen LogP contribution < -0.4 is 0 Å². The fraction of sp³-hybridized carbons (Fsp3) is 0.800. The molecule has 0 amide bonds. The molecule has 0 spiro atoms. The van der Waals surface area contributed by atoms with Crippen molar-refractivity contribution in [2.24, 2.45) is 11.8 Å². The van der Waals surface area contributed by atoms with Gasteiger partial charge in [0.15, 0.2) is 0 Å². The summed E-state index contributed by atoms with van der Waals surface area (Å²) in [5.41, 5.74) is 0. The van der Waals surface area contributed by atoms with E-state index in [0.717, 1.165) is 0 Å². The molecule has 4 atom stereocenters. The number of Topliss-reactive ketones (excluding diaryl/α,β-unsaturated/α-hetero) is 2. The van der Waals surface area contributed by atoms with Crippen molar-refractivity contribution in [1.29, 1.82) is 0 Å². The van der Waals surface area contributed by atoms with Gasteiger partial charge in [0.2, 0.25) is 0 Å². The molecule has 1 rings (SSSR count). The van der Waals surface area contributed by atoms with Gasteiger partial charge in [0.1, 0.15) is 11.6 Å². The maximum atomic E-state index is 11.2. The van der Waals surface area contributed by atoms with Crippen LogP contribution in [0.15, 0.2) is 0 Å². The molecule has 80 valence electrons. The third-order valence-corrected chi connectivity index (χ3v) is 3.84. The second-order valence-corrected chi connectivity index (χ2v) is 5.06. The smallest absolute Gasteiger partial charge is 0.134 e. The Balaban J connectivity index is 2.71. The van der Waals surface area contributed by atoms with Gasteiger partial charge >= 0.3 is 0 Å². The Morgan fingerprint density at radius 1 is 0.929 bits per heavy atom. The predicted octanol–water partition coefficient (Wildman–Crippen LogP) is 2.41. The lowest BCUT2D eigenvalue weighted by atomic mass is 9.78. The summed E-state index contributed by atoms with van der Waals surface area (Å²) in [5.74, 6) is -0.236. The molecule has 0 N–H and O–H groups in total. The highest BCUT2D eigenvalue weighted by molar-refractivity contribution is 6.25. The standard InChI is InChI=1S/C10H14Cl2O2/c1-5(13)7-3-10(12)8(6(2)14)4-9(7)11/h7-10H,3-4H2,1-2H3. The Morgan fingerprint density at radius 3 is 1.43 bits per heavy atom. The molecule has 1 aliphatic carbocycles. The van der Waals surface area contributed by atoms with Crippen LogP contribution in [0.25, 0.3) is 0 Å². The van der Waals surface area contributed by atoms with Crippen molar-refractivity contribution in [3.63, 3.8) is 0 Å². The van der Waals surface area contributed by atoms with Crippen molar-refractivity contribution in [3.8, 4) is 0 Å². The van der Waals surface area contributed by atoms with E-state index in [2.05, 4.69) is 0 Å². The summed E-state index contributed by atoms with van der Waals surface area (Å²) in [6, 6.07) is 0. The van der Waals surface area contributed by atoms with E-state index in [1.165, 1.54) is 13.8 Å². The van der Waals surface area contributed by atoms with Crippen molar-refractivity contribution in [2.75, 3.05) is 0 Å². The summed E-state index contributed by atoms with van der Waals surface area (Å²) >= 11 is 12.1. The van der Waals surface area contributed by atoms with Gasteiger partial charge in [-0.2, -0.15) is 0 Å². The first kappa shape index (κ1) is 12.0. The van der Waals surface area contributed by atoms with Gasteiger partial charge in [-0.15, -0.1) is 23.2 Å². The number of carbonyl (C=O) groups excluding carboxylic acids is 2. The minimum Gasteiger partial charge on any atom is -0.300 e. The third kappa shape index (κ3) is 2.48. The minimum atomic E-state index is -0.239. The number of rotatable bonds is 2. The lowest BCUT2D eigenvalue weighted by Crippen LogP contribution is -2.39. The molecule has 4 unspecified atom stereocenters. The van der Waals surface area contributed by atoms with Crippen LogP contribution in [0.2, 0.25) is 0 Å². The minimum absolute atomic E-state index is 0.0673. The van der Waals surface area contributed by atoms with E-state index < -0.39 is 0 Å². The van der Waals surface area contributed by atoms with E-state index in [0.29, 0.717) is 12.8 Å². The van der Waals surface area contributed by atoms with E-state index in [1.54, 1.807) is 0 Å². The highest BCUT2D eigenvalue weighted by Crippen LogP contribution is 2.36. The van der Waals surface area contributed by atoms with Gasteiger partial charge in [0.05, 0.1) is 0 Å². The molecule has 0 saturated heterocycles. The molecule has 0 aliphatic heterocycles. The first-order chi connectivity index (χ1) is 6.43. The zero-order chi connectivity index (χ0) is 10.9.